The molecule has 1 unspecified atom stereocenters. The van der Waals surface area contributed by atoms with Crippen molar-refractivity contribution in [3.63, 3.8) is 0 Å². The monoisotopic (exact) mass is 311 g/mol. The van der Waals surface area contributed by atoms with Gasteiger partial charge >= 0.3 is 0 Å². The second-order valence-corrected chi connectivity index (χ2v) is 6.32. The van der Waals surface area contributed by atoms with Crippen LogP contribution in [0.4, 0.5) is 0 Å². The first-order valence-corrected chi connectivity index (χ1v) is 6.97. The van der Waals surface area contributed by atoms with Crippen molar-refractivity contribution < 1.29 is 4.74 Å². The van der Waals surface area contributed by atoms with Gasteiger partial charge in [0.2, 0.25) is 0 Å². The molecule has 4 heteroatoms. The first kappa shape index (κ1) is 12.6. The van der Waals surface area contributed by atoms with Crippen LogP contribution in [-0.4, -0.2) is 6.61 Å². The summed E-state index contributed by atoms with van der Waals surface area (Å²) < 4.78 is 6.82. The Labute approximate surface area is 114 Å². The van der Waals surface area contributed by atoms with Crippen molar-refractivity contribution in [1.29, 1.82) is 0 Å². The lowest BCUT2D eigenvalue weighted by Gasteiger charge is -2.13. The summed E-state index contributed by atoms with van der Waals surface area (Å²) in [6.45, 7) is 2.53. The number of para-hydroxylation sites is 1. The van der Waals surface area contributed by atoms with Gasteiger partial charge in [0.1, 0.15) is 12.4 Å². The van der Waals surface area contributed by atoms with Crippen LogP contribution >= 0.6 is 27.3 Å². The number of halogens is 1. The number of hydrogen-bond acceptors (Lipinski definition) is 3. The average Bonchev–Trinajstić information content (AvgIpc) is 2.74. The van der Waals surface area contributed by atoms with Gasteiger partial charge in [-0.3, -0.25) is 0 Å². The van der Waals surface area contributed by atoms with E-state index in [9.17, 15) is 0 Å². The first-order valence-electron chi connectivity index (χ1n) is 5.36. The maximum Gasteiger partial charge on any atom is 0.122 e. The number of benzene rings is 1. The zero-order valence-electron chi connectivity index (χ0n) is 9.52. The zero-order valence-corrected chi connectivity index (χ0v) is 11.9. The van der Waals surface area contributed by atoms with Gasteiger partial charge in [0, 0.05) is 4.88 Å². The van der Waals surface area contributed by atoms with Crippen LogP contribution in [0.3, 0.4) is 0 Å². The van der Waals surface area contributed by atoms with Gasteiger partial charge in [-0.1, -0.05) is 18.2 Å². The molecule has 2 N–H and O–H groups in total. The lowest BCUT2D eigenvalue weighted by Crippen LogP contribution is -2.18. The highest BCUT2D eigenvalue weighted by atomic mass is 79.9. The molecule has 0 aliphatic carbocycles. The molecule has 2 aromatic rings. The Morgan fingerprint density at radius 3 is 2.71 bits per heavy atom. The van der Waals surface area contributed by atoms with Gasteiger partial charge in [-0.25, -0.2) is 0 Å². The maximum absolute atomic E-state index is 6.07. The van der Waals surface area contributed by atoms with Crippen LogP contribution in [0.1, 0.15) is 16.5 Å². The molecule has 17 heavy (non-hydrogen) atoms. The predicted molar refractivity (Wildman–Crippen MR) is 75.6 cm³/mol. The standard InChI is InChI=1S/C13H14BrNOS/c1-9-4-2-3-5-11(9)16-8-10(15)12-6-7-13(14)17-12/h2-7,10H,8,15H2,1H3. The Morgan fingerprint density at radius 2 is 2.06 bits per heavy atom. The average molecular weight is 312 g/mol. The van der Waals surface area contributed by atoms with Crippen LogP contribution < -0.4 is 10.5 Å². The van der Waals surface area contributed by atoms with Gasteiger partial charge in [0.05, 0.1) is 9.83 Å². The molecule has 0 amide bonds. The molecule has 90 valence electrons. The summed E-state index contributed by atoms with van der Waals surface area (Å²) in [5.41, 5.74) is 7.20. The highest BCUT2D eigenvalue weighted by molar-refractivity contribution is 9.11. The van der Waals surface area contributed by atoms with Crippen LogP contribution in [-0.2, 0) is 0 Å². The quantitative estimate of drug-likeness (QED) is 0.929. The van der Waals surface area contributed by atoms with E-state index < -0.39 is 0 Å². The van der Waals surface area contributed by atoms with E-state index in [4.69, 9.17) is 10.5 Å². The van der Waals surface area contributed by atoms with E-state index in [-0.39, 0.29) is 6.04 Å². The minimum atomic E-state index is -0.0779. The van der Waals surface area contributed by atoms with E-state index in [0.717, 1.165) is 20.0 Å². The maximum atomic E-state index is 6.07. The Kier molecular flexibility index (Phi) is 4.20. The van der Waals surface area contributed by atoms with Crippen LogP contribution in [0.25, 0.3) is 0 Å². The molecule has 0 aliphatic heterocycles. The molecule has 0 saturated heterocycles. The zero-order chi connectivity index (χ0) is 12.3. The second-order valence-electron chi connectivity index (χ2n) is 3.82. The van der Waals surface area contributed by atoms with Crippen LogP contribution in [0.15, 0.2) is 40.2 Å². The van der Waals surface area contributed by atoms with Gasteiger partial charge in [-0.05, 0) is 46.6 Å². The molecule has 0 bridgehead atoms. The Hall–Kier alpha value is -0.840. The summed E-state index contributed by atoms with van der Waals surface area (Å²) >= 11 is 5.08. The molecule has 0 saturated carbocycles. The smallest absolute Gasteiger partial charge is 0.122 e. The van der Waals surface area contributed by atoms with Crippen LogP contribution in [0.2, 0.25) is 0 Å². The number of aryl methyl sites for hydroxylation is 1. The number of hydrogen-bond donors (Lipinski definition) is 1. The van der Waals surface area contributed by atoms with E-state index in [2.05, 4.69) is 15.9 Å². The van der Waals surface area contributed by atoms with Crippen molar-refractivity contribution in [2.75, 3.05) is 6.61 Å². The molecule has 0 aliphatic rings. The van der Waals surface area contributed by atoms with Crippen molar-refractivity contribution >= 4 is 27.3 Å². The molecule has 0 radical (unpaired) electrons. The van der Waals surface area contributed by atoms with E-state index in [1.165, 1.54) is 0 Å². The topological polar surface area (TPSA) is 35.2 Å². The van der Waals surface area contributed by atoms with Gasteiger partial charge in [0.15, 0.2) is 0 Å². The van der Waals surface area contributed by atoms with E-state index in [1.807, 2.05) is 43.3 Å². The fourth-order valence-electron chi connectivity index (χ4n) is 1.51. The van der Waals surface area contributed by atoms with E-state index >= 15 is 0 Å². The molecule has 1 atom stereocenters. The van der Waals surface area contributed by atoms with E-state index in [1.54, 1.807) is 11.3 Å². The number of nitrogens with two attached hydrogens (primary N) is 1. The third-order valence-electron chi connectivity index (χ3n) is 2.47. The fourth-order valence-corrected chi connectivity index (χ4v) is 2.92. The van der Waals surface area contributed by atoms with Crippen molar-refractivity contribution in [2.24, 2.45) is 5.73 Å². The minimum absolute atomic E-state index is 0.0779. The highest BCUT2D eigenvalue weighted by Crippen LogP contribution is 2.27. The molecular formula is C13H14BrNOS. The van der Waals surface area contributed by atoms with Gasteiger partial charge in [-0.2, -0.15) is 0 Å². The first-order chi connectivity index (χ1) is 8.16. The molecule has 1 aromatic carbocycles. The third kappa shape index (κ3) is 3.31. The van der Waals surface area contributed by atoms with Crippen molar-refractivity contribution in [3.8, 4) is 5.75 Å². The fraction of sp³-hybridized carbons (Fsp3) is 0.231. The molecule has 2 rings (SSSR count). The molecule has 2 nitrogen and oxygen atoms in total. The molecular weight excluding hydrogens is 298 g/mol. The Balaban J connectivity index is 1.97. The SMILES string of the molecule is Cc1ccccc1OCC(N)c1ccc(Br)s1. The lowest BCUT2D eigenvalue weighted by molar-refractivity contribution is 0.290. The summed E-state index contributed by atoms with van der Waals surface area (Å²) in [6, 6.07) is 11.9. The Morgan fingerprint density at radius 1 is 1.29 bits per heavy atom. The summed E-state index contributed by atoms with van der Waals surface area (Å²) in [4.78, 5) is 1.13. The van der Waals surface area contributed by atoms with Gasteiger partial charge < -0.3 is 10.5 Å². The summed E-state index contributed by atoms with van der Waals surface area (Å²) in [5.74, 6) is 0.901. The summed E-state index contributed by atoms with van der Waals surface area (Å²) in [6.07, 6.45) is 0. The van der Waals surface area contributed by atoms with Gasteiger partial charge in [0.25, 0.3) is 0 Å². The summed E-state index contributed by atoms with van der Waals surface area (Å²) in [5, 5.41) is 0. The highest BCUT2D eigenvalue weighted by Gasteiger charge is 2.10. The summed E-state index contributed by atoms with van der Waals surface area (Å²) in [7, 11) is 0. The van der Waals surface area contributed by atoms with Crippen LogP contribution in [0, 0.1) is 6.92 Å². The number of ether oxygens (including phenoxy) is 1. The van der Waals surface area contributed by atoms with Gasteiger partial charge in [-0.15, -0.1) is 11.3 Å². The van der Waals surface area contributed by atoms with Crippen molar-refractivity contribution in [3.05, 3.63) is 50.6 Å². The molecule has 0 fully saturated rings. The second kappa shape index (κ2) is 5.67. The van der Waals surface area contributed by atoms with Crippen molar-refractivity contribution in [2.45, 2.75) is 13.0 Å². The molecule has 0 spiro atoms. The van der Waals surface area contributed by atoms with Crippen molar-refractivity contribution in [1.82, 2.24) is 0 Å². The molecule has 1 heterocycles. The third-order valence-corrected chi connectivity index (χ3v) is 4.23. The van der Waals surface area contributed by atoms with Crippen LogP contribution in [0.5, 0.6) is 5.75 Å². The lowest BCUT2D eigenvalue weighted by atomic mass is 10.2. The predicted octanol–water partition coefficient (Wildman–Crippen LogP) is 3.90. The minimum Gasteiger partial charge on any atom is -0.491 e. The normalized spacial score (nSPS) is 12.4. The Bertz CT molecular complexity index is 498. The molecule has 1 aromatic heterocycles. The number of thiophene rings is 1. The van der Waals surface area contributed by atoms with E-state index in [0.29, 0.717) is 6.61 Å². The largest absolute Gasteiger partial charge is 0.491 e. The number of rotatable bonds is 4.